The van der Waals surface area contributed by atoms with Crippen molar-refractivity contribution in [3.8, 4) is 5.69 Å². The van der Waals surface area contributed by atoms with Crippen LogP contribution in [-0.4, -0.2) is 52.1 Å². The van der Waals surface area contributed by atoms with Crippen molar-refractivity contribution >= 4 is 16.9 Å². The molecule has 0 aliphatic carbocycles. The number of para-hydroxylation sites is 1. The molecule has 25 heavy (non-hydrogen) atoms. The van der Waals surface area contributed by atoms with E-state index in [1.165, 1.54) is 0 Å². The highest BCUT2D eigenvalue weighted by atomic mass is 16.5. The van der Waals surface area contributed by atoms with Gasteiger partial charge in [0.15, 0.2) is 5.65 Å². The van der Waals surface area contributed by atoms with Gasteiger partial charge in [-0.1, -0.05) is 18.2 Å². The van der Waals surface area contributed by atoms with Crippen molar-refractivity contribution in [3.05, 3.63) is 42.9 Å². The molecule has 1 atom stereocenters. The van der Waals surface area contributed by atoms with E-state index in [2.05, 4.69) is 25.7 Å². The van der Waals surface area contributed by atoms with E-state index in [0.717, 1.165) is 48.5 Å². The minimum atomic E-state index is -0.0402. The topological polar surface area (TPSA) is 76.9 Å². The fourth-order valence-corrected chi connectivity index (χ4v) is 3.47. The Labute approximate surface area is 146 Å². The Morgan fingerprint density at radius 2 is 2.16 bits per heavy atom. The van der Waals surface area contributed by atoms with Crippen LogP contribution in [0.5, 0.6) is 0 Å². The fraction of sp³-hybridized carbons (Fsp3) is 0.389. The Morgan fingerprint density at radius 1 is 1.28 bits per heavy atom. The maximum Gasteiger partial charge on any atom is 0.168 e. The van der Waals surface area contributed by atoms with Crippen molar-refractivity contribution < 1.29 is 4.74 Å². The number of ether oxygens (including phenoxy) is 1. The molecule has 1 aromatic carbocycles. The van der Waals surface area contributed by atoms with Crippen LogP contribution < -0.4 is 10.6 Å². The molecule has 1 aliphatic heterocycles. The van der Waals surface area contributed by atoms with Crippen LogP contribution in [0.3, 0.4) is 0 Å². The minimum Gasteiger partial charge on any atom is -0.383 e. The smallest absolute Gasteiger partial charge is 0.168 e. The summed E-state index contributed by atoms with van der Waals surface area (Å²) in [6, 6.07) is 9.99. The molecule has 0 spiro atoms. The van der Waals surface area contributed by atoms with Crippen molar-refractivity contribution in [3.63, 3.8) is 0 Å². The van der Waals surface area contributed by atoms with Gasteiger partial charge in [0.05, 0.1) is 29.4 Å². The zero-order valence-corrected chi connectivity index (χ0v) is 14.3. The Bertz CT molecular complexity index is 841. The number of rotatable bonds is 6. The zero-order chi connectivity index (χ0) is 17.1. The van der Waals surface area contributed by atoms with Gasteiger partial charge in [-0.15, -0.1) is 0 Å². The second-order valence-corrected chi connectivity index (χ2v) is 6.45. The molecular formula is C18H22N6O. The number of nitrogens with zero attached hydrogens (tertiary/aromatic N) is 4. The molecule has 1 fully saturated rings. The molecule has 7 nitrogen and oxygen atoms in total. The van der Waals surface area contributed by atoms with E-state index in [9.17, 15) is 0 Å². The summed E-state index contributed by atoms with van der Waals surface area (Å²) in [5.41, 5.74) is 1.74. The molecule has 2 aromatic heterocycles. The molecule has 3 heterocycles. The van der Waals surface area contributed by atoms with Crippen molar-refractivity contribution in [1.29, 1.82) is 0 Å². The van der Waals surface area contributed by atoms with Crippen LogP contribution in [0.25, 0.3) is 16.7 Å². The Hall–Kier alpha value is -2.51. The van der Waals surface area contributed by atoms with Gasteiger partial charge in [0.1, 0.15) is 12.1 Å². The van der Waals surface area contributed by atoms with E-state index in [1.807, 2.05) is 41.2 Å². The summed E-state index contributed by atoms with van der Waals surface area (Å²) in [7, 11) is 1.74. The third-order valence-electron chi connectivity index (χ3n) is 4.71. The summed E-state index contributed by atoms with van der Waals surface area (Å²) in [6.45, 7) is 2.46. The first kappa shape index (κ1) is 16.0. The second kappa shape index (κ2) is 6.78. The largest absolute Gasteiger partial charge is 0.383 e. The third-order valence-corrected chi connectivity index (χ3v) is 4.71. The van der Waals surface area contributed by atoms with E-state index in [1.54, 1.807) is 13.4 Å². The lowest BCUT2D eigenvalue weighted by Gasteiger charge is -2.29. The number of anilines is 1. The first-order valence-corrected chi connectivity index (χ1v) is 8.53. The average Bonchev–Trinajstić information content (AvgIpc) is 3.29. The average molecular weight is 338 g/mol. The van der Waals surface area contributed by atoms with E-state index >= 15 is 0 Å². The van der Waals surface area contributed by atoms with Crippen LogP contribution in [0, 0.1) is 0 Å². The van der Waals surface area contributed by atoms with Crippen LogP contribution in [0.1, 0.15) is 12.8 Å². The molecule has 0 amide bonds. The van der Waals surface area contributed by atoms with Crippen molar-refractivity contribution in [2.75, 3.05) is 32.1 Å². The van der Waals surface area contributed by atoms with E-state index < -0.39 is 0 Å². The lowest BCUT2D eigenvalue weighted by Crippen LogP contribution is -2.49. The van der Waals surface area contributed by atoms with Crippen LogP contribution >= 0.6 is 0 Å². The summed E-state index contributed by atoms with van der Waals surface area (Å²) >= 11 is 0. The number of benzene rings is 1. The lowest BCUT2D eigenvalue weighted by atomic mass is 9.98. The van der Waals surface area contributed by atoms with Crippen molar-refractivity contribution in [1.82, 2.24) is 25.1 Å². The highest BCUT2D eigenvalue weighted by molar-refractivity contribution is 5.87. The SMILES string of the molecule is COCC1(CNc2ncnc3c2cnn3-c2ccccc2)CCCN1. The molecule has 0 bridgehead atoms. The molecule has 7 heteroatoms. The number of aromatic nitrogens is 4. The maximum atomic E-state index is 5.42. The molecule has 1 saturated heterocycles. The second-order valence-electron chi connectivity index (χ2n) is 6.45. The number of hydrogen-bond donors (Lipinski definition) is 2. The molecule has 0 saturated carbocycles. The van der Waals surface area contributed by atoms with Gasteiger partial charge < -0.3 is 15.4 Å². The maximum absolute atomic E-state index is 5.42. The standard InChI is InChI=1S/C18H22N6O/c1-25-12-18(8-5-9-22-18)11-19-16-15-10-23-24(17(15)21-13-20-16)14-6-3-2-4-7-14/h2-4,6-7,10,13,22H,5,8-9,11-12H2,1H3,(H,19,20,21). The summed E-state index contributed by atoms with van der Waals surface area (Å²) < 4.78 is 7.25. The van der Waals surface area contributed by atoms with Gasteiger partial charge in [-0.2, -0.15) is 5.10 Å². The summed E-state index contributed by atoms with van der Waals surface area (Å²) in [6.07, 6.45) is 5.65. The van der Waals surface area contributed by atoms with Gasteiger partial charge >= 0.3 is 0 Å². The van der Waals surface area contributed by atoms with Gasteiger partial charge in [0.2, 0.25) is 0 Å². The fourth-order valence-electron chi connectivity index (χ4n) is 3.47. The van der Waals surface area contributed by atoms with Crippen molar-refractivity contribution in [2.45, 2.75) is 18.4 Å². The normalized spacial score (nSPS) is 20.2. The van der Waals surface area contributed by atoms with Gasteiger partial charge in [0, 0.05) is 13.7 Å². The molecule has 1 aliphatic rings. The Balaban J connectivity index is 1.62. The predicted octanol–water partition coefficient (Wildman–Crippen LogP) is 2.00. The van der Waals surface area contributed by atoms with Crippen LogP contribution in [0.15, 0.2) is 42.9 Å². The number of hydrogen-bond acceptors (Lipinski definition) is 6. The van der Waals surface area contributed by atoms with Gasteiger partial charge in [-0.25, -0.2) is 14.6 Å². The summed E-state index contributed by atoms with van der Waals surface area (Å²) in [4.78, 5) is 8.84. The number of methoxy groups -OCH3 is 1. The van der Waals surface area contributed by atoms with E-state index in [0.29, 0.717) is 6.61 Å². The number of fused-ring (bicyclic) bond motifs is 1. The Kier molecular flexibility index (Phi) is 4.33. The molecule has 130 valence electrons. The minimum absolute atomic E-state index is 0.0402. The quantitative estimate of drug-likeness (QED) is 0.716. The summed E-state index contributed by atoms with van der Waals surface area (Å²) in [5, 5.41) is 12.4. The Morgan fingerprint density at radius 3 is 2.92 bits per heavy atom. The number of nitrogens with one attached hydrogen (secondary N) is 2. The summed E-state index contributed by atoms with van der Waals surface area (Å²) in [5.74, 6) is 0.802. The first-order chi connectivity index (χ1) is 12.3. The monoisotopic (exact) mass is 338 g/mol. The molecular weight excluding hydrogens is 316 g/mol. The van der Waals surface area contributed by atoms with Crippen LogP contribution in [0.2, 0.25) is 0 Å². The van der Waals surface area contributed by atoms with E-state index in [4.69, 9.17) is 4.74 Å². The van der Waals surface area contributed by atoms with Crippen LogP contribution in [-0.2, 0) is 4.74 Å². The first-order valence-electron chi connectivity index (χ1n) is 8.53. The predicted molar refractivity (Wildman–Crippen MR) is 97.0 cm³/mol. The molecule has 4 rings (SSSR count). The molecule has 0 radical (unpaired) electrons. The van der Waals surface area contributed by atoms with Gasteiger partial charge in [0.25, 0.3) is 0 Å². The highest BCUT2D eigenvalue weighted by Gasteiger charge is 2.33. The zero-order valence-electron chi connectivity index (χ0n) is 14.3. The highest BCUT2D eigenvalue weighted by Crippen LogP contribution is 2.24. The van der Waals surface area contributed by atoms with Gasteiger partial charge in [-0.05, 0) is 31.5 Å². The lowest BCUT2D eigenvalue weighted by molar-refractivity contribution is 0.127. The van der Waals surface area contributed by atoms with Crippen LogP contribution in [0.4, 0.5) is 5.82 Å². The third kappa shape index (κ3) is 3.08. The molecule has 1 unspecified atom stereocenters. The van der Waals surface area contributed by atoms with Gasteiger partial charge in [-0.3, -0.25) is 0 Å². The van der Waals surface area contributed by atoms with E-state index in [-0.39, 0.29) is 5.54 Å². The molecule has 2 N–H and O–H groups in total. The van der Waals surface area contributed by atoms with Crippen molar-refractivity contribution in [2.24, 2.45) is 0 Å². The molecule has 3 aromatic rings.